The van der Waals surface area contributed by atoms with Gasteiger partial charge in [0.1, 0.15) is 23.2 Å². The zero-order valence-corrected chi connectivity index (χ0v) is 26.6. The lowest BCUT2D eigenvalue weighted by Crippen LogP contribution is -2.56. The number of carboxylic acid groups (broad SMARTS) is 1. The second-order valence-electron chi connectivity index (χ2n) is 12.7. The fourth-order valence-electron chi connectivity index (χ4n) is 5.83. The number of aliphatic carboxylic acids is 1. The number of ether oxygens (including phenoxy) is 1. The van der Waals surface area contributed by atoms with E-state index in [1.54, 1.807) is 20.8 Å². The number of aromatic nitrogens is 4. The summed E-state index contributed by atoms with van der Waals surface area (Å²) >= 11 is 3.50. The number of benzene rings is 1. The van der Waals surface area contributed by atoms with E-state index in [0.717, 1.165) is 29.3 Å². The van der Waals surface area contributed by atoms with E-state index in [9.17, 15) is 24.3 Å². The van der Waals surface area contributed by atoms with Gasteiger partial charge in [-0.05, 0) is 63.8 Å². The van der Waals surface area contributed by atoms with Crippen molar-refractivity contribution in [1.29, 1.82) is 0 Å². The largest absolute Gasteiger partial charge is 0.479 e. The molecule has 2 aliphatic heterocycles. The Morgan fingerprint density at radius 1 is 1.18 bits per heavy atom. The molecule has 0 radical (unpaired) electrons. The molecule has 3 heterocycles. The predicted octanol–water partition coefficient (Wildman–Crippen LogP) is 3.62. The molecule has 44 heavy (non-hydrogen) atoms. The summed E-state index contributed by atoms with van der Waals surface area (Å²) in [6, 6.07) is 4.96. The SMILES string of the molecule is CC(C)(C)OC(=O)N[C@H]1CCCCC/C=C\[C@@H]2C[C@]2(C(=O)O)NC(=O)[C@@H]2C[C@H](n3nnc(-c4ccccc4Br)n3)CN2C1=O. The molecule has 0 bridgehead atoms. The van der Waals surface area contributed by atoms with Crippen molar-refractivity contribution in [1.82, 2.24) is 35.7 Å². The number of carbonyl (C=O) groups is 4. The number of amides is 3. The van der Waals surface area contributed by atoms with Crippen molar-refractivity contribution in [2.45, 2.75) is 95.0 Å². The van der Waals surface area contributed by atoms with Crippen LogP contribution in [0.5, 0.6) is 0 Å². The molecule has 5 atom stereocenters. The first kappa shape index (κ1) is 31.6. The summed E-state index contributed by atoms with van der Waals surface area (Å²) in [5.41, 5.74) is -1.46. The fraction of sp³-hybridized carbons (Fsp3) is 0.567. The first-order valence-electron chi connectivity index (χ1n) is 14.9. The number of allylic oxidation sites excluding steroid dienone is 1. The average Bonchev–Trinajstić information content (AvgIpc) is 3.26. The summed E-state index contributed by atoms with van der Waals surface area (Å²) in [6.07, 6.45) is 6.93. The molecule has 1 aromatic carbocycles. The number of fused-ring (bicyclic) bond motifs is 2. The maximum absolute atomic E-state index is 14.1. The highest BCUT2D eigenvalue weighted by molar-refractivity contribution is 9.10. The summed E-state index contributed by atoms with van der Waals surface area (Å²) in [5.74, 6) is -2.09. The fourth-order valence-corrected chi connectivity index (χ4v) is 6.29. The molecule has 1 saturated heterocycles. The zero-order valence-electron chi connectivity index (χ0n) is 25.0. The van der Waals surface area contributed by atoms with Gasteiger partial charge in [0.05, 0.1) is 6.04 Å². The van der Waals surface area contributed by atoms with Gasteiger partial charge >= 0.3 is 12.1 Å². The Morgan fingerprint density at radius 2 is 1.95 bits per heavy atom. The lowest BCUT2D eigenvalue weighted by atomic mass is 10.0. The van der Waals surface area contributed by atoms with E-state index in [1.807, 2.05) is 36.4 Å². The van der Waals surface area contributed by atoms with Crippen molar-refractivity contribution in [2.75, 3.05) is 6.54 Å². The molecule has 236 valence electrons. The van der Waals surface area contributed by atoms with Gasteiger partial charge in [0.25, 0.3) is 0 Å². The number of carboxylic acids is 1. The van der Waals surface area contributed by atoms with Gasteiger partial charge in [0.2, 0.25) is 17.6 Å². The maximum Gasteiger partial charge on any atom is 0.408 e. The maximum atomic E-state index is 14.1. The van der Waals surface area contributed by atoms with E-state index >= 15 is 0 Å². The smallest absolute Gasteiger partial charge is 0.408 e. The number of hydrogen-bond donors (Lipinski definition) is 3. The molecule has 2 aromatic rings. The lowest BCUT2D eigenvalue weighted by molar-refractivity contribution is -0.145. The van der Waals surface area contributed by atoms with E-state index in [2.05, 4.69) is 42.0 Å². The second kappa shape index (κ2) is 12.7. The van der Waals surface area contributed by atoms with Crippen LogP contribution in [0.3, 0.4) is 0 Å². The Morgan fingerprint density at radius 3 is 2.68 bits per heavy atom. The van der Waals surface area contributed by atoms with Gasteiger partial charge in [-0.25, -0.2) is 9.59 Å². The van der Waals surface area contributed by atoms with Gasteiger partial charge in [0.15, 0.2) is 0 Å². The van der Waals surface area contributed by atoms with Crippen molar-refractivity contribution >= 4 is 39.8 Å². The van der Waals surface area contributed by atoms with Crippen molar-refractivity contribution in [3.05, 3.63) is 40.9 Å². The molecular weight excluding hydrogens is 634 g/mol. The van der Waals surface area contributed by atoms with Crippen LogP contribution in [0, 0.1) is 5.92 Å². The second-order valence-corrected chi connectivity index (χ2v) is 13.5. The molecule has 1 saturated carbocycles. The number of nitrogens with one attached hydrogen (secondary N) is 2. The Hall–Kier alpha value is -3.81. The van der Waals surface area contributed by atoms with E-state index in [1.165, 1.54) is 9.70 Å². The Bertz CT molecular complexity index is 1460. The van der Waals surface area contributed by atoms with Crippen LogP contribution >= 0.6 is 15.9 Å². The highest BCUT2D eigenvalue weighted by Crippen LogP contribution is 2.45. The number of hydrogen-bond acceptors (Lipinski definition) is 8. The van der Waals surface area contributed by atoms with Gasteiger partial charge in [0, 0.05) is 28.9 Å². The number of carbonyl (C=O) groups excluding carboxylic acids is 3. The number of tetrazole rings is 1. The van der Waals surface area contributed by atoms with Gasteiger partial charge in [-0.15, -0.1) is 10.2 Å². The standard InChI is InChI=1S/C30H38BrN7O6/c1-29(2,3)44-28(43)32-22-14-8-6-4-5-7-11-18-16-30(18,27(41)42)33-25(39)23-15-19(17-37(23)26(22)40)38-35-24(34-36-38)20-12-9-10-13-21(20)31/h7,9-13,18-19,22-23H,4-6,8,14-17H2,1-3H3,(H,32,43)(H,33,39)(H,41,42)/b11-7-/t18-,19+,22+,23+,30+/m1/s1. The molecule has 3 amide bonds. The van der Waals surface area contributed by atoms with Crippen molar-refractivity contribution in [3.63, 3.8) is 0 Å². The number of halogens is 1. The third-order valence-electron chi connectivity index (χ3n) is 8.20. The highest BCUT2D eigenvalue weighted by Gasteiger charge is 2.61. The van der Waals surface area contributed by atoms with Crippen LogP contribution in [0.2, 0.25) is 0 Å². The third kappa shape index (κ3) is 6.95. The van der Waals surface area contributed by atoms with Crippen LogP contribution in [-0.2, 0) is 19.1 Å². The summed E-state index contributed by atoms with van der Waals surface area (Å²) < 4.78 is 6.23. The summed E-state index contributed by atoms with van der Waals surface area (Å²) in [7, 11) is 0. The number of rotatable bonds is 4. The Balaban J connectivity index is 1.45. The lowest BCUT2D eigenvalue weighted by Gasteiger charge is -2.30. The molecular formula is C30H38BrN7O6. The summed E-state index contributed by atoms with van der Waals surface area (Å²) in [6.45, 7) is 5.28. The Labute approximate surface area is 263 Å². The first-order chi connectivity index (χ1) is 20.9. The number of alkyl carbamates (subject to hydrolysis) is 1. The third-order valence-corrected chi connectivity index (χ3v) is 8.89. The van der Waals surface area contributed by atoms with Crippen LogP contribution in [0.4, 0.5) is 4.79 Å². The molecule has 2 fully saturated rings. The first-order valence-corrected chi connectivity index (χ1v) is 15.7. The van der Waals surface area contributed by atoms with Gasteiger partial charge in [-0.1, -0.05) is 53.1 Å². The van der Waals surface area contributed by atoms with Crippen molar-refractivity contribution in [2.24, 2.45) is 5.92 Å². The molecule has 3 aliphatic rings. The van der Waals surface area contributed by atoms with Crippen LogP contribution in [0.25, 0.3) is 11.4 Å². The van der Waals surface area contributed by atoms with Crippen LogP contribution < -0.4 is 10.6 Å². The van der Waals surface area contributed by atoms with Crippen LogP contribution in [0.1, 0.15) is 71.8 Å². The van der Waals surface area contributed by atoms with Crippen molar-refractivity contribution < 1.29 is 29.0 Å². The molecule has 5 rings (SSSR count). The minimum Gasteiger partial charge on any atom is -0.479 e. The summed E-state index contributed by atoms with van der Waals surface area (Å²) in [4.78, 5) is 55.9. The minimum atomic E-state index is -1.42. The molecule has 3 N–H and O–H groups in total. The van der Waals surface area contributed by atoms with E-state index in [0.29, 0.717) is 18.7 Å². The van der Waals surface area contributed by atoms with Crippen LogP contribution in [-0.4, -0.2) is 83.9 Å². The highest BCUT2D eigenvalue weighted by atomic mass is 79.9. The van der Waals surface area contributed by atoms with E-state index in [4.69, 9.17) is 4.74 Å². The Kier molecular flexibility index (Phi) is 9.10. The van der Waals surface area contributed by atoms with Crippen molar-refractivity contribution in [3.8, 4) is 11.4 Å². The van der Waals surface area contributed by atoms with E-state index < -0.39 is 53.1 Å². The van der Waals surface area contributed by atoms with E-state index in [-0.39, 0.29) is 25.3 Å². The summed E-state index contributed by atoms with van der Waals surface area (Å²) in [5, 5.41) is 28.5. The monoisotopic (exact) mass is 671 g/mol. The minimum absolute atomic E-state index is 0.0680. The van der Waals surface area contributed by atoms with Gasteiger partial charge in [-0.3, -0.25) is 9.59 Å². The van der Waals surface area contributed by atoms with Gasteiger partial charge < -0.3 is 25.4 Å². The van der Waals surface area contributed by atoms with Gasteiger partial charge in [-0.2, -0.15) is 4.80 Å². The molecule has 1 aromatic heterocycles. The topological polar surface area (TPSA) is 169 Å². The zero-order chi connectivity index (χ0) is 31.6. The predicted molar refractivity (Wildman–Crippen MR) is 162 cm³/mol. The molecule has 13 nitrogen and oxygen atoms in total. The molecule has 0 unspecified atom stereocenters. The molecule has 14 heteroatoms. The number of nitrogens with zero attached hydrogens (tertiary/aromatic N) is 5. The van der Waals surface area contributed by atoms with Crippen LogP contribution in [0.15, 0.2) is 40.9 Å². The molecule has 0 spiro atoms. The normalized spacial score (nSPS) is 28.5. The molecule has 1 aliphatic carbocycles. The quantitative estimate of drug-likeness (QED) is 0.411. The average molecular weight is 673 g/mol.